The Morgan fingerprint density at radius 3 is 2.70 bits per heavy atom. The third kappa shape index (κ3) is 3.51. The van der Waals surface area contributed by atoms with Crippen LogP contribution in [0.15, 0.2) is 24.3 Å². The molecule has 0 amide bonds. The molecule has 0 saturated heterocycles. The molecule has 1 unspecified atom stereocenters. The number of carbonyl (C=O) groups is 1. The summed E-state index contributed by atoms with van der Waals surface area (Å²) in [7, 11) is 2.34. The zero-order chi connectivity index (χ0) is 17.2. The van der Waals surface area contributed by atoms with E-state index in [-0.39, 0.29) is 23.6 Å². The monoisotopic (exact) mass is 341 g/mol. The molecule has 0 aliphatic carbocycles. The first kappa shape index (κ1) is 17.0. The number of ether oxygens (including phenoxy) is 1. The van der Waals surface area contributed by atoms with Crippen LogP contribution in [0.4, 0.5) is 13.2 Å². The van der Waals surface area contributed by atoms with Crippen LogP contribution in [0.25, 0.3) is 5.69 Å². The van der Waals surface area contributed by atoms with Gasteiger partial charge in [0.25, 0.3) is 0 Å². The Labute approximate surface area is 131 Å². The van der Waals surface area contributed by atoms with Crippen LogP contribution in [0.2, 0.25) is 0 Å². The van der Waals surface area contributed by atoms with Gasteiger partial charge in [-0.15, -0.1) is 9.24 Å². The summed E-state index contributed by atoms with van der Waals surface area (Å²) in [6, 6.07) is 6.87. The van der Waals surface area contributed by atoms with Crippen LogP contribution < -0.4 is 5.30 Å². The molecule has 0 spiro atoms. The fourth-order valence-corrected chi connectivity index (χ4v) is 2.08. The molecule has 1 atom stereocenters. The molecule has 0 N–H and O–H groups in total. The SMILES string of the molecule is CCOC(=O)c1cc(C(F)(F)F)nn1-c1ccc(P)c(C#N)c1. The van der Waals surface area contributed by atoms with Crippen LogP contribution in [0, 0.1) is 11.3 Å². The van der Waals surface area contributed by atoms with Crippen LogP contribution in [0.1, 0.15) is 28.7 Å². The maximum Gasteiger partial charge on any atom is 0.435 e. The second-order valence-corrected chi connectivity index (χ2v) is 5.05. The number of esters is 1. The van der Waals surface area contributed by atoms with Gasteiger partial charge in [-0.1, -0.05) is 6.07 Å². The summed E-state index contributed by atoms with van der Waals surface area (Å²) in [5, 5.41) is 13.0. The normalized spacial score (nSPS) is 11.1. The van der Waals surface area contributed by atoms with E-state index in [1.165, 1.54) is 18.2 Å². The summed E-state index contributed by atoms with van der Waals surface area (Å²) in [5.74, 6) is -0.927. The van der Waals surface area contributed by atoms with Crippen LogP contribution >= 0.6 is 9.24 Å². The van der Waals surface area contributed by atoms with Crippen molar-refractivity contribution in [1.29, 1.82) is 5.26 Å². The lowest BCUT2D eigenvalue weighted by molar-refractivity contribution is -0.141. The summed E-state index contributed by atoms with van der Waals surface area (Å²) >= 11 is 0. The third-order valence-electron chi connectivity index (χ3n) is 2.89. The predicted molar refractivity (Wildman–Crippen MR) is 78.6 cm³/mol. The van der Waals surface area contributed by atoms with Crippen molar-refractivity contribution in [1.82, 2.24) is 9.78 Å². The Morgan fingerprint density at radius 2 is 2.13 bits per heavy atom. The van der Waals surface area contributed by atoms with Gasteiger partial charge in [0.05, 0.1) is 23.9 Å². The average molecular weight is 341 g/mol. The van der Waals surface area contributed by atoms with Crippen molar-refractivity contribution in [3.05, 3.63) is 41.2 Å². The summed E-state index contributed by atoms with van der Waals surface area (Å²) in [4.78, 5) is 11.9. The van der Waals surface area contributed by atoms with Crippen LogP contribution in [0.3, 0.4) is 0 Å². The molecular formula is C14H11F3N3O2P. The van der Waals surface area contributed by atoms with Gasteiger partial charge in [0.1, 0.15) is 0 Å². The van der Waals surface area contributed by atoms with Gasteiger partial charge in [0.2, 0.25) is 0 Å². The van der Waals surface area contributed by atoms with E-state index in [9.17, 15) is 18.0 Å². The zero-order valence-corrected chi connectivity index (χ0v) is 13.0. The minimum atomic E-state index is -4.70. The smallest absolute Gasteiger partial charge is 0.435 e. The van der Waals surface area contributed by atoms with E-state index in [1.54, 1.807) is 6.92 Å². The van der Waals surface area contributed by atoms with E-state index < -0.39 is 17.8 Å². The van der Waals surface area contributed by atoms with Gasteiger partial charge in [0, 0.05) is 6.07 Å². The molecule has 1 aromatic heterocycles. The molecule has 1 aromatic carbocycles. The lowest BCUT2D eigenvalue weighted by Crippen LogP contribution is -2.13. The first-order valence-corrected chi connectivity index (χ1v) is 7.00. The summed E-state index contributed by atoms with van der Waals surface area (Å²) in [6.45, 7) is 1.56. The largest absolute Gasteiger partial charge is 0.461 e. The number of hydrogen-bond donors (Lipinski definition) is 0. The molecule has 0 fully saturated rings. The third-order valence-corrected chi connectivity index (χ3v) is 3.39. The van der Waals surface area contributed by atoms with Crippen molar-refractivity contribution in [2.45, 2.75) is 13.1 Å². The number of benzene rings is 1. The molecule has 9 heteroatoms. The second-order valence-electron chi connectivity index (χ2n) is 4.43. The van der Waals surface area contributed by atoms with E-state index >= 15 is 0 Å². The molecule has 23 heavy (non-hydrogen) atoms. The molecule has 0 aliphatic rings. The quantitative estimate of drug-likeness (QED) is 0.635. The van der Waals surface area contributed by atoms with E-state index in [4.69, 9.17) is 10.00 Å². The number of aromatic nitrogens is 2. The van der Waals surface area contributed by atoms with E-state index in [2.05, 4.69) is 14.3 Å². The van der Waals surface area contributed by atoms with Gasteiger partial charge >= 0.3 is 12.1 Å². The molecule has 0 bridgehead atoms. The highest BCUT2D eigenvalue weighted by Crippen LogP contribution is 2.30. The van der Waals surface area contributed by atoms with Crippen molar-refractivity contribution >= 4 is 20.5 Å². The highest BCUT2D eigenvalue weighted by molar-refractivity contribution is 7.27. The molecule has 0 radical (unpaired) electrons. The Kier molecular flexibility index (Phi) is 4.71. The number of hydrogen-bond acceptors (Lipinski definition) is 4. The lowest BCUT2D eigenvalue weighted by atomic mass is 10.2. The van der Waals surface area contributed by atoms with Crippen LogP contribution in [0.5, 0.6) is 0 Å². The Morgan fingerprint density at radius 1 is 1.43 bits per heavy atom. The van der Waals surface area contributed by atoms with E-state index in [0.29, 0.717) is 11.4 Å². The molecular weight excluding hydrogens is 330 g/mol. The number of halogens is 3. The summed E-state index contributed by atoms with van der Waals surface area (Å²) in [5.41, 5.74) is -1.17. The topological polar surface area (TPSA) is 67.9 Å². The fraction of sp³-hybridized carbons (Fsp3) is 0.214. The molecule has 2 rings (SSSR count). The average Bonchev–Trinajstić information content (AvgIpc) is 2.93. The molecule has 0 aliphatic heterocycles. The van der Waals surface area contributed by atoms with E-state index in [0.717, 1.165) is 4.68 Å². The number of rotatable bonds is 3. The predicted octanol–water partition coefficient (Wildman–Crippen LogP) is 2.44. The maximum absolute atomic E-state index is 12.9. The lowest BCUT2D eigenvalue weighted by Gasteiger charge is -2.08. The van der Waals surface area contributed by atoms with E-state index in [1.807, 2.05) is 6.07 Å². The van der Waals surface area contributed by atoms with Crippen LogP contribution in [-0.2, 0) is 10.9 Å². The van der Waals surface area contributed by atoms with Gasteiger partial charge in [-0.05, 0) is 24.4 Å². The first-order valence-electron chi connectivity index (χ1n) is 6.42. The number of carbonyl (C=O) groups excluding carboxylic acids is 1. The molecule has 2 aromatic rings. The fourth-order valence-electron chi connectivity index (χ4n) is 1.84. The molecule has 5 nitrogen and oxygen atoms in total. The summed E-state index contributed by atoms with van der Waals surface area (Å²) in [6.07, 6.45) is -4.70. The highest BCUT2D eigenvalue weighted by Gasteiger charge is 2.36. The number of nitriles is 1. The van der Waals surface area contributed by atoms with Crippen molar-refractivity contribution < 1.29 is 22.7 Å². The van der Waals surface area contributed by atoms with Crippen molar-refractivity contribution in [2.24, 2.45) is 0 Å². The minimum Gasteiger partial charge on any atom is -0.461 e. The van der Waals surface area contributed by atoms with Crippen molar-refractivity contribution in [2.75, 3.05) is 6.61 Å². The van der Waals surface area contributed by atoms with Crippen molar-refractivity contribution in [3.63, 3.8) is 0 Å². The van der Waals surface area contributed by atoms with Crippen LogP contribution in [-0.4, -0.2) is 22.4 Å². The minimum absolute atomic E-state index is 0.0132. The zero-order valence-electron chi connectivity index (χ0n) is 11.9. The Balaban J connectivity index is 2.63. The second kappa shape index (κ2) is 6.39. The van der Waals surface area contributed by atoms with Gasteiger partial charge in [-0.25, -0.2) is 9.48 Å². The Hall–Kier alpha value is -2.39. The van der Waals surface area contributed by atoms with Gasteiger partial charge in [-0.2, -0.15) is 23.5 Å². The number of alkyl halides is 3. The van der Waals surface area contributed by atoms with Gasteiger partial charge in [-0.3, -0.25) is 0 Å². The van der Waals surface area contributed by atoms with Gasteiger partial charge < -0.3 is 4.74 Å². The van der Waals surface area contributed by atoms with Crippen molar-refractivity contribution in [3.8, 4) is 11.8 Å². The van der Waals surface area contributed by atoms with Gasteiger partial charge in [0.15, 0.2) is 11.4 Å². The molecule has 1 heterocycles. The standard InChI is InChI=1S/C14H11F3N3O2P/c1-2-22-13(21)10-6-12(14(15,16)17)19-20(10)9-3-4-11(23)8(5-9)7-18/h3-6H,2,23H2,1H3. The maximum atomic E-state index is 12.9. The first-order chi connectivity index (χ1) is 10.8. The highest BCUT2D eigenvalue weighted by atomic mass is 31.0. The number of nitrogens with zero attached hydrogens (tertiary/aromatic N) is 3. The molecule has 120 valence electrons. The summed E-state index contributed by atoms with van der Waals surface area (Å²) < 4.78 is 44.2. The molecule has 0 saturated carbocycles. The Bertz CT molecular complexity index is 794.